The minimum Gasteiger partial charge on any atom is -0.393 e. The molecule has 4 heteroatoms. The normalized spacial score (nSPS) is 26.7. The number of hydrogen-bond donors (Lipinski definition) is 1. The molecule has 0 spiro atoms. The topological polar surface area (TPSA) is 40.5 Å². The maximum Gasteiger partial charge on any atom is 0.264 e. The Labute approximate surface area is 131 Å². The van der Waals surface area contributed by atoms with Crippen LogP contribution in [0.5, 0.6) is 0 Å². The molecule has 2 aliphatic rings. The first-order chi connectivity index (χ1) is 10.0. The van der Waals surface area contributed by atoms with E-state index in [0.717, 1.165) is 43.0 Å². The van der Waals surface area contributed by atoms with Crippen molar-refractivity contribution in [1.82, 2.24) is 4.90 Å². The maximum atomic E-state index is 12.8. The number of carbonyl (C=O) groups is 1. The molecule has 0 saturated carbocycles. The number of aliphatic hydroxyl groups is 1. The second-order valence-corrected chi connectivity index (χ2v) is 7.92. The van der Waals surface area contributed by atoms with Crippen molar-refractivity contribution in [3.63, 3.8) is 0 Å². The van der Waals surface area contributed by atoms with Crippen molar-refractivity contribution >= 4 is 17.2 Å². The van der Waals surface area contributed by atoms with Crippen LogP contribution in [0.3, 0.4) is 0 Å². The lowest BCUT2D eigenvalue weighted by Gasteiger charge is -2.25. The van der Waals surface area contributed by atoms with Crippen LogP contribution in [-0.2, 0) is 12.8 Å². The van der Waals surface area contributed by atoms with Crippen molar-refractivity contribution < 1.29 is 9.90 Å². The number of thiophene rings is 1. The van der Waals surface area contributed by atoms with E-state index in [-0.39, 0.29) is 18.1 Å². The molecule has 1 aromatic rings. The molecule has 0 radical (unpaired) electrons. The van der Waals surface area contributed by atoms with Gasteiger partial charge < -0.3 is 10.0 Å². The summed E-state index contributed by atoms with van der Waals surface area (Å²) in [6.45, 7) is 4.95. The summed E-state index contributed by atoms with van der Waals surface area (Å²) in [4.78, 5) is 17.1. The zero-order valence-corrected chi connectivity index (χ0v) is 13.8. The van der Waals surface area contributed by atoms with E-state index in [1.165, 1.54) is 16.9 Å². The average Bonchev–Trinajstić information content (AvgIpc) is 3.03. The highest BCUT2D eigenvalue weighted by atomic mass is 32.1. The number of aliphatic hydroxyl groups excluding tert-OH is 1. The number of carbonyl (C=O) groups excluding carboxylic acids is 1. The third-order valence-electron chi connectivity index (χ3n) is 4.79. The van der Waals surface area contributed by atoms with Gasteiger partial charge in [-0.05, 0) is 63.0 Å². The van der Waals surface area contributed by atoms with Crippen molar-refractivity contribution in [3.8, 4) is 0 Å². The summed E-state index contributed by atoms with van der Waals surface area (Å²) in [7, 11) is 0. The zero-order chi connectivity index (χ0) is 15.0. The van der Waals surface area contributed by atoms with E-state index in [1.807, 2.05) is 11.8 Å². The molecule has 3 nitrogen and oxygen atoms in total. The van der Waals surface area contributed by atoms with E-state index in [4.69, 9.17) is 0 Å². The molecule has 3 rings (SSSR count). The van der Waals surface area contributed by atoms with Gasteiger partial charge in [0.1, 0.15) is 0 Å². The Morgan fingerprint density at radius 2 is 2.33 bits per heavy atom. The van der Waals surface area contributed by atoms with Gasteiger partial charge in [0.25, 0.3) is 5.91 Å². The SMILES string of the molecule is CC(O)CC1CCCN1C(=O)c1cc2c(s1)CCC(C)C2. The molecule has 1 fully saturated rings. The van der Waals surface area contributed by atoms with Crippen LogP contribution < -0.4 is 0 Å². The first-order valence-corrected chi connectivity index (χ1v) is 8.97. The highest BCUT2D eigenvalue weighted by Gasteiger charge is 2.31. The molecule has 0 bridgehead atoms. The highest BCUT2D eigenvalue weighted by molar-refractivity contribution is 7.14. The van der Waals surface area contributed by atoms with Crippen molar-refractivity contribution in [3.05, 3.63) is 21.4 Å². The van der Waals surface area contributed by atoms with Gasteiger partial charge in [-0.1, -0.05) is 6.92 Å². The van der Waals surface area contributed by atoms with Gasteiger partial charge in [-0.2, -0.15) is 0 Å². The van der Waals surface area contributed by atoms with E-state index in [0.29, 0.717) is 6.42 Å². The minimum atomic E-state index is -0.333. The molecule has 1 saturated heterocycles. The van der Waals surface area contributed by atoms with Gasteiger partial charge in [-0.15, -0.1) is 11.3 Å². The number of likely N-dealkylation sites (tertiary alicyclic amines) is 1. The number of fused-ring (bicyclic) bond motifs is 1. The van der Waals surface area contributed by atoms with Crippen LogP contribution >= 0.6 is 11.3 Å². The number of rotatable bonds is 3. The molecule has 21 heavy (non-hydrogen) atoms. The van der Waals surface area contributed by atoms with Crippen molar-refractivity contribution in [2.24, 2.45) is 5.92 Å². The first-order valence-electron chi connectivity index (χ1n) is 8.15. The standard InChI is InChI=1S/C17H25NO2S/c1-11-5-6-15-13(8-11)10-16(21-15)17(20)18-7-3-4-14(18)9-12(2)19/h10-12,14,19H,3-9H2,1-2H3. The Morgan fingerprint density at radius 1 is 1.52 bits per heavy atom. The molecule has 1 N–H and O–H groups in total. The lowest BCUT2D eigenvalue weighted by atomic mass is 9.90. The summed E-state index contributed by atoms with van der Waals surface area (Å²) in [5, 5.41) is 9.61. The second-order valence-electron chi connectivity index (χ2n) is 6.79. The van der Waals surface area contributed by atoms with Crippen LogP contribution in [0.1, 0.15) is 59.6 Å². The average molecular weight is 307 g/mol. The summed E-state index contributed by atoms with van der Waals surface area (Å²) in [6, 6.07) is 2.35. The lowest BCUT2D eigenvalue weighted by molar-refractivity contribution is 0.0687. The van der Waals surface area contributed by atoms with Crippen LogP contribution in [0.15, 0.2) is 6.07 Å². The largest absolute Gasteiger partial charge is 0.393 e. The second kappa shape index (κ2) is 6.09. The molecule has 116 valence electrons. The minimum absolute atomic E-state index is 0.185. The predicted octanol–water partition coefficient (Wildman–Crippen LogP) is 3.25. The van der Waals surface area contributed by atoms with Crippen LogP contribution in [-0.4, -0.2) is 34.6 Å². The molecular formula is C17H25NO2S. The lowest BCUT2D eigenvalue weighted by Crippen LogP contribution is -2.36. The molecule has 1 aliphatic carbocycles. The molecular weight excluding hydrogens is 282 g/mol. The van der Waals surface area contributed by atoms with Crippen molar-refractivity contribution in [1.29, 1.82) is 0 Å². The summed E-state index contributed by atoms with van der Waals surface area (Å²) >= 11 is 1.70. The maximum absolute atomic E-state index is 12.8. The Bertz CT molecular complexity index is 523. The van der Waals surface area contributed by atoms with Gasteiger partial charge in [0, 0.05) is 17.5 Å². The summed E-state index contributed by atoms with van der Waals surface area (Å²) in [5.41, 5.74) is 1.40. The summed E-state index contributed by atoms with van der Waals surface area (Å²) in [6.07, 6.45) is 5.95. The van der Waals surface area contributed by atoms with Gasteiger partial charge in [0.05, 0.1) is 11.0 Å². The molecule has 2 heterocycles. The molecule has 3 atom stereocenters. The third kappa shape index (κ3) is 3.16. The Morgan fingerprint density at radius 3 is 3.10 bits per heavy atom. The summed E-state index contributed by atoms with van der Waals surface area (Å²) < 4.78 is 0. The smallest absolute Gasteiger partial charge is 0.264 e. The number of amides is 1. The van der Waals surface area contributed by atoms with E-state index in [2.05, 4.69) is 13.0 Å². The van der Waals surface area contributed by atoms with Crippen molar-refractivity contribution in [2.45, 2.75) is 64.5 Å². The zero-order valence-electron chi connectivity index (χ0n) is 13.0. The summed E-state index contributed by atoms with van der Waals surface area (Å²) in [5.74, 6) is 0.926. The van der Waals surface area contributed by atoms with Crippen LogP contribution in [0, 0.1) is 5.92 Å². The van der Waals surface area contributed by atoms with Gasteiger partial charge >= 0.3 is 0 Å². The fraction of sp³-hybridized carbons (Fsp3) is 0.706. The number of nitrogens with zero attached hydrogens (tertiary/aromatic N) is 1. The Kier molecular flexibility index (Phi) is 4.36. The van der Waals surface area contributed by atoms with Gasteiger partial charge in [0.15, 0.2) is 0 Å². The predicted molar refractivity (Wildman–Crippen MR) is 85.9 cm³/mol. The van der Waals surface area contributed by atoms with Gasteiger partial charge in [-0.25, -0.2) is 0 Å². The highest BCUT2D eigenvalue weighted by Crippen LogP contribution is 2.34. The quantitative estimate of drug-likeness (QED) is 0.931. The van der Waals surface area contributed by atoms with E-state index >= 15 is 0 Å². The fourth-order valence-electron chi connectivity index (χ4n) is 3.69. The third-order valence-corrected chi connectivity index (χ3v) is 6.02. The van der Waals surface area contributed by atoms with E-state index < -0.39 is 0 Å². The monoisotopic (exact) mass is 307 g/mol. The fourth-order valence-corrected chi connectivity index (χ4v) is 4.86. The number of aryl methyl sites for hydroxylation is 1. The number of hydrogen-bond acceptors (Lipinski definition) is 3. The molecule has 3 unspecified atom stereocenters. The van der Waals surface area contributed by atoms with E-state index in [1.54, 1.807) is 11.3 Å². The molecule has 1 aromatic heterocycles. The Balaban J connectivity index is 1.76. The molecule has 1 aliphatic heterocycles. The van der Waals surface area contributed by atoms with E-state index in [9.17, 15) is 9.90 Å². The Hall–Kier alpha value is -0.870. The van der Waals surface area contributed by atoms with Crippen molar-refractivity contribution in [2.75, 3.05) is 6.54 Å². The first kappa shape index (κ1) is 15.0. The van der Waals surface area contributed by atoms with Crippen LogP contribution in [0.4, 0.5) is 0 Å². The van der Waals surface area contributed by atoms with Gasteiger partial charge in [-0.3, -0.25) is 4.79 Å². The molecule has 0 aromatic carbocycles. The van der Waals surface area contributed by atoms with Crippen LogP contribution in [0.25, 0.3) is 0 Å². The molecule has 1 amide bonds. The van der Waals surface area contributed by atoms with Gasteiger partial charge in [0.2, 0.25) is 0 Å². The van der Waals surface area contributed by atoms with Crippen LogP contribution in [0.2, 0.25) is 0 Å².